The fourth-order valence-corrected chi connectivity index (χ4v) is 2.56. The highest BCUT2D eigenvalue weighted by molar-refractivity contribution is 9.10. The second-order valence-corrected chi connectivity index (χ2v) is 5.42. The van der Waals surface area contributed by atoms with Crippen LogP contribution in [-0.2, 0) is 11.2 Å². The van der Waals surface area contributed by atoms with Crippen LogP contribution in [0.25, 0.3) is 0 Å². The van der Waals surface area contributed by atoms with Crippen molar-refractivity contribution in [3.63, 3.8) is 0 Å². The second-order valence-electron chi connectivity index (χ2n) is 4.19. The van der Waals surface area contributed by atoms with E-state index >= 15 is 0 Å². The minimum Gasteiger partial charge on any atom is -0.382 e. The minimum atomic E-state index is 0.548. The molecule has 0 aliphatic heterocycles. The van der Waals surface area contributed by atoms with E-state index in [-0.39, 0.29) is 0 Å². The molecule has 0 N–H and O–H groups in total. The Morgan fingerprint density at radius 1 is 1.41 bits per heavy atom. The van der Waals surface area contributed by atoms with Crippen LogP contribution in [0.15, 0.2) is 28.7 Å². The van der Waals surface area contributed by atoms with Gasteiger partial charge in [-0.15, -0.1) is 11.6 Å². The molecule has 1 atom stereocenters. The summed E-state index contributed by atoms with van der Waals surface area (Å²) in [4.78, 5) is 0. The van der Waals surface area contributed by atoms with E-state index in [1.807, 2.05) is 13.0 Å². The summed E-state index contributed by atoms with van der Waals surface area (Å²) in [6, 6.07) is 8.45. The zero-order valence-electron chi connectivity index (χ0n) is 10.3. The molecule has 0 saturated heterocycles. The van der Waals surface area contributed by atoms with Crippen LogP contribution in [0.1, 0.15) is 25.3 Å². The number of rotatable bonds is 8. The highest BCUT2D eigenvalue weighted by Gasteiger charge is 2.08. The smallest absolute Gasteiger partial charge is 0.0466 e. The zero-order valence-corrected chi connectivity index (χ0v) is 12.6. The van der Waals surface area contributed by atoms with E-state index in [1.54, 1.807) is 0 Å². The molecule has 0 aliphatic carbocycles. The molecular weight excluding hydrogens is 300 g/mol. The Labute approximate surface area is 118 Å². The standard InChI is InChI=1S/C14H20BrClO/c1-2-17-8-4-6-13(11-16)9-12-5-3-7-14(15)10-12/h3,5,7,10,13H,2,4,6,8-9,11H2,1H3. The van der Waals surface area contributed by atoms with Crippen molar-refractivity contribution in [1.82, 2.24) is 0 Å². The number of hydrogen-bond acceptors (Lipinski definition) is 1. The maximum atomic E-state index is 6.02. The van der Waals surface area contributed by atoms with Gasteiger partial charge in [0.05, 0.1) is 0 Å². The van der Waals surface area contributed by atoms with E-state index in [1.165, 1.54) is 5.56 Å². The van der Waals surface area contributed by atoms with E-state index in [9.17, 15) is 0 Å². The Balaban J connectivity index is 2.35. The summed E-state index contributed by atoms with van der Waals surface area (Å²) in [6.45, 7) is 3.68. The summed E-state index contributed by atoms with van der Waals surface area (Å²) in [5.41, 5.74) is 1.35. The Morgan fingerprint density at radius 2 is 2.24 bits per heavy atom. The van der Waals surface area contributed by atoms with Gasteiger partial charge < -0.3 is 4.74 Å². The first-order valence-electron chi connectivity index (χ1n) is 6.14. The molecule has 0 aliphatic rings. The van der Waals surface area contributed by atoms with Gasteiger partial charge in [0.15, 0.2) is 0 Å². The van der Waals surface area contributed by atoms with Gasteiger partial charge in [-0.05, 0) is 49.8 Å². The third kappa shape index (κ3) is 6.44. The van der Waals surface area contributed by atoms with Crippen LogP contribution in [0.5, 0.6) is 0 Å². The minimum absolute atomic E-state index is 0.548. The molecule has 1 unspecified atom stereocenters. The molecule has 0 bridgehead atoms. The lowest BCUT2D eigenvalue weighted by atomic mass is 9.97. The van der Waals surface area contributed by atoms with E-state index in [2.05, 4.69) is 34.1 Å². The van der Waals surface area contributed by atoms with Gasteiger partial charge >= 0.3 is 0 Å². The predicted octanol–water partition coefficient (Wildman–Crippen LogP) is 4.66. The number of benzene rings is 1. The largest absolute Gasteiger partial charge is 0.382 e. The number of hydrogen-bond donors (Lipinski definition) is 0. The molecule has 0 heterocycles. The van der Waals surface area contributed by atoms with Gasteiger partial charge in [-0.3, -0.25) is 0 Å². The summed E-state index contributed by atoms with van der Waals surface area (Å²) < 4.78 is 6.48. The first-order valence-corrected chi connectivity index (χ1v) is 7.47. The van der Waals surface area contributed by atoms with Crippen molar-refractivity contribution in [2.45, 2.75) is 26.2 Å². The molecule has 1 aromatic carbocycles. The van der Waals surface area contributed by atoms with Crippen LogP contribution < -0.4 is 0 Å². The topological polar surface area (TPSA) is 9.23 Å². The van der Waals surface area contributed by atoms with Crippen molar-refractivity contribution in [3.8, 4) is 0 Å². The molecule has 96 valence electrons. The molecule has 3 heteroatoms. The fraction of sp³-hybridized carbons (Fsp3) is 0.571. The van der Waals surface area contributed by atoms with E-state index in [4.69, 9.17) is 16.3 Å². The van der Waals surface area contributed by atoms with Gasteiger partial charge in [-0.1, -0.05) is 28.1 Å². The van der Waals surface area contributed by atoms with Crippen LogP contribution in [0.2, 0.25) is 0 Å². The Kier molecular flexibility index (Phi) is 7.91. The molecule has 0 aromatic heterocycles. The molecule has 0 spiro atoms. The molecule has 0 saturated carbocycles. The van der Waals surface area contributed by atoms with Crippen molar-refractivity contribution in [2.24, 2.45) is 5.92 Å². The third-order valence-electron chi connectivity index (χ3n) is 2.74. The first kappa shape index (κ1) is 15.0. The van der Waals surface area contributed by atoms with Gasteiger partial charge in [0.1, 0.15) is 0 Å². The number of halogens is 2. The molecule has 17 heavy (non-hydrogen) atoms. The molecular formula is C14H20BrClO. The van der Waals surface area contributed by atoms with Crippen LogP contribution in [0.3, 0.4) is 0 Å². The Bertz CT molecular complexity index is 317. The quantitative estimate of drug-likeness (QED) is 0.500. The third-order valence-corrected chi connectivity index (χ3v) is 3.67. The van der Waals surface area contributed by atoms with Crippen LogP contribution in [-0.4, -0.2) is 19.1 Å². The number of alkyl halides is 1. The second kappa shape index (κ2) is 8.96. The summed E-state index contributed by atoms with van der Waals surface area (Å²) in [5, 5.41) is 0. The normalized spacial score (nSPS) is 12.6. The van der Waals surface area contributed by atoms with E-state index < -0.39 is 0 Å². The predicted molar refractivity (Wildman–Crippen MR) is 77.8 cm³/mol. The average Bonchev–Trinajstić information content (AvgIpc) is 2.33. The average molecular weight is 320 g/mol. The van der Waals surface area contributed by atoms with Gasteiger partial charge in [0.25, 0.3) is 0 Å². The summed E-state index contributed by atoms with van der Waals surface area (Å²) in [6.07, 6.45) is 3.28. The van der Waals surface area contributed by atoms with Gasteiger partial charge in [0.2, 0.25) is 0 Å². The lowest BCUT2D eigenvalue weighted by Crippen LogP contribution is -2.08. The lowest BCUT2D eigenvalue weighted by Gasteiger charge is -2.14. The molecule has 0 radical (unpaired) electrons. The van der Waals surface area contributed by atoms with Gasteiger partial charge in [-0.2, -0.15) is 0 Å². The highest BCUT2D eigenvalue weighted by Crippen LogP contribution is 2.19. The summed E-state index contributed by atoms with van der Waals surface area (Å²) >= 11 is 9.51. The zero-order chi connectivity index (χ0) is 12.5. The lowest BCUT2D eigenvalue weighted by molar-refractivity contribution is 0.140. The maximum Gasteiger partial charge on any atom is 0.0466 e. The maximum absolute atomic E-state index is 6.02. The molecule has 0 amide bonds. The van der Waals surface area contributed by atoms with Gasteiger partial charge in [-0.25, -0.2) is 0 Å². The Hall–Kier alpha value is -0.0500. The van der Waals surface area contributed by atoms with Crippen molar-refractivity contribution in [1.29, 1.82) is 0 Å². The van der Waals surface area contributed by atoms with E-state index in [0.29, 0.717) is 5.92 Å². The SMILES string of the molecule is CCOCCCC(CCl)Cc1cccc(Br)c1. The van der Waals surface area contributed by atoms with Crippen LogP contribution in [0, 0.1) is 5.92 Å². The highest BCUT2D eigenvalue weighted by atomic mass is 79.9. The van der Waals surface area contributed by atoms with Crippen molar-refractivity contribution < 1.29 is 4.74 Å². The molecule has 0 fully saturated rings. The summed E-state index contributed by atoms with van der Waals surface area (Å²) in [5.74, 6) is 1.27. The fourth-order valence-electron chi connectivity index (χ4n) is 1.85. The first-order chi connectivity index (χ1) is 8.26. The monoisotopic (exact) mass is 318 g/mol. The molecule has 1 rings (SSSR count). The number of ether oxygens (including phenoxy) is 1. The molecule has 1 aromatic rings. The van der Waals surface area contributed by atoms with E-state index in [0.717, 1.165) is 42.8 Å². The Morgan fingerprint density at radius 3 is 2.88 bits per heavy atom. The van der Waals surface area contributed by atoms with Gasteiger partial charge in [0, 0.05) is 23.6 Å². The van der Waals surface area contributed by atoms with Crippen molar-refractivity contribution in [2.75, 3.05) is 19.1 Å². The van der Waals surface area contributed by atoms with Crippen molar-refractivity contribution >= 4 is 27.5 Å². The van der Waals surface area contributed by atoms with Crippen LogP contribution >= 0.6 is 27.5 Å². The summed E-state index contributed by atoms with van der Waals surface area (Å²) in [7, 11) is 0. The van der Waals surface area contributed by atoms with Crippen LogP contribution in [0.4, 0.5) is 0 Å². The molecule has 1 nitrogen and oxygen atoms in total. The van der Waals surface area contributed by atoms with Crippen molar-refractivity contribution in [3.05, 3.63) is 34.3 Å².